The Morgan fingerprint density at radius 3 is 3.06 bits per heavy atom. The number of aryl methyl sites for hydroxylation is 1. The first kappa shape index (κ1) is 11.8. The van der Waals surface area contributed by atoms with Crippen molar-refractivity contribution >= 4 is 12.2 Å². The summed E-state index contributed by atoms with van der Waals surface area (Å²) in [6.45, 7) is 2.81. The highest BCUT2D eigenvalue weighted by Crippen LogP contribution is 2.21. The zero-order chi connectivity index (χ0) is 12.4. The number of carbonyl (C=O) groups is 1. The Labute approximate surface area is 100 Å². The highest BCUT2D eigenvalue weighted by atomic mass is 16.5. The van der Waals surface area contributed by atoms with Crippen molar-refractivity contribution in [2.24, 2.45) is 10.7 Å². The fourth-order valence-electron chi connectivity index (χ4n) is 2.09. The van der Waals surface area contributed by atoms with Gasteiger partial charge in [-0.05, 0) is 41.7 Å². The average molecular weight is 232 g/mol. The Hall–Kier alpha value is -1.68. The number of nitrogens with zero attached hydrogens (tertiary/aromatic N) is 1. The number of esters is 1. The summed E-state index contributed by atoms with van der Waals surface area (Å²) in [6.07, 6.45) is 2.37. The van der Waals surface area contributed by atoms with E-state index < -0.39 is 6.04 Å². The Balaban J connectivity index is 2.20. The van der Waals surface area contributed by atoms with Crippen LogP contribution < -0.4 is 5.73 Å². The Bertz CT molecular complexity index is 481. The van der Waals surface area contributed by atoms with Gasteiger partial charge in [-0.2, -0.15) is 0 Å². The second-order valence-corrected chi connectivity index (χ2v) is 4.28. The van der Waals surface area contributed by atoms with E-state index in [1.165, 1.54) is 18.2 Å². The van der Waals surface area contributed by atoms with Crippen LogP contribution in [-0.2, 0) is 22.5 Å². The third-order valence-corrected chi connectivity index (χ3v) is 3.01. The van der Waals surface area contributed by atoms with Gasteiger partial charge in [0, 0.05) is 6.21 Å². The zero-order valence-corrected chi connectivity index (χ0v) is 10.1. The lowest BCUT2D eigenvalue weighted by atomic mass is 9.97. The summed E-state index contributed by atoms with van der Waals surface area (Å²) in [5, 5.41) is 0. The lowest BCUT2D eigenvalue weighted by Crippen LogP contribution is -2.33. The molecule has 2 N–H and O–H groups in total. The molecule has 1 heterocycles. The van der Waals surface area contributed by atoms with E-state index in [4.69, 9.17) is 5.73 Å². The molecule has 1 atom stereocenters. The number of aliphatic imine (C=N–C) groups is 1. The number of nitrogens with two attached hydrogens (primary N) is 1. The molecular weight excluding hydrogens is 216 g/mol. The third kappa shape index (κ3) is 2.36. The smallest absolute Gasteiger partial charge is 0.322 e. The second kappa shape index (κ2) is 4.67. The van der Waals surface area contributed by atoms with Gasteiger partial charge in [-0.1, -0.05) is 6.07 Å². The topological polar surface area (TPSA) is 64.7 Å². The van der Waals surface area contributed by atoms with Crippen LogP contribution in [0.3, 0.4) is 0 Å². The summed E-state index contributed by atoms with van der Waals surface area (Å²) in [7, 11) is 1.35. The maximum atomic E-state index is 11.3. The van der Waals surface area contributed by atoms with Gasteiger partial charge in [0.25, 0.3) is 0 Å². The molecule has 2 rings (SSSR count). The van der Waals surface area contributed by atoms with Crippen LogP contribution in [-0.4, -0.2) is 25.3 Å². The summed E-state index contributed by atoms with van der Waals surface area (Å²) in [5.74, 6) is -0.378. The molecule has 0 amide bonds. The minimum absolute atomic E-state index is 0.378. The van der Waals surface area contributed by atoms with Gasteiger partial charge in [0.1, 0.15) is 6.04 Å². The van der Waals surface area contributed by atoms with E-state index >= 15 is 0 Å². The highest BCUT2D eigenvalue weighted by molar-refractivity contribution is 5.85. The first-order chi connectivity index (χ1) is 8.11. The van der Waals surface area contributed by atoms with E-state index in [1.807, 2.05) is 12.3 Å². The molecule has 0 fully saturated rings. The monoisotopic (exact) mass is 232 g/mol. The fraction of sp³-hybridized carbons (Fsp3) is 0.385. The van der Waals surface area contributed by atoms with Gasteiger partial charge in [0.05, 0.1) is 13.7 Å². The van der Waals surface area contributed by atoms with Crippen molar-refractivity contribution in [2.75, 3.05) is 7.11 Å². The van der Waals surface area contributed by atoms with Crippen LogP contribution in [0.2, 0.25) is 0 Å². The van der Waals surface area contributed by atoms with Crippen LogP contribution in [0.25, 0.3) is 0 Å². The van der Waals surface area contributed by atoms with Crippen molar-refractivity contribution in [1.82, 2.24) is 0 Å². The number of ether oxygens (including phenoxy) is 1. The molecular formula is C13H16N2O2. The molecule has 0 aliphatic carbocycles. The summed E-state index contributed by atoms with van der Waals surface area (Å²) < 4.78 is 4.62. The van der Waals surface area contributed by atoms with Gasteiger partial charge in [-0.3, -0.25) is 9.79 Å². The number of methoxy groups -OCH3 is 1. The number of hydrogen-bond donors (Lipinski definition) is 1. The maximum absolute atomic E-state index is 11.3. The number of rotatable bonds is 3. The van der Waals surface area contributed by atoms with Gasteiger partial charge in [-0.25, -0.2) is 0 Å². The van der Waals surface area contributed by atoms with Crippen LogP contribution in [0.15, 0.2) is 17.1 Å². The largest absolute Gasteiger partial charge is 0.468 e. The molecule has 0 unspecified atom stereocenters. The number of fused-ring (bicyclic) bond motifs is 1. The van der Waals surface area contributed by atoms with Crippen LogP contribution >= 0.6 is 0 Å². The minimum atomic E-state index is -0.601. The molecule has 1 aliphatic heterocycles. The van der Waals surface area contributed by atoms with E-state index in [0.717, 1.165) is 17.7 Å². The van der Waals surface area contributed by atoms with Crippen molar-refractivity contribution in [2.45, 2.75) is 25.9 Å². The van der Waals surface area contributed by atoms with Crippen LogP contribution in [0.1, 0.15) is 22.3 Å². The molecule has 1 aromatic rings. The average Bonchev–Trinajstić information content (AvgIpc) is 2.76. The predicted octanol–water partition coefficient (Wildman–Crippen LogP) is 0.970. The Morgan fingerprint density at radius 1 is 1.59 bits per heavy atom. The molecule has 90 valence electrons. The predicted molar refractivity (Wildman–Crippen MR) is 66.2 cm³/mol. The van der Waals surface area contributed by atoms with Gasteiger partial charge < -0.3 is 10.5 Å². The lowest BCUT2D eigenvalue weighted by Gasteiger charge is -2.11. The number of benzene rings is 1. The normalized spacial score (nSPS) is 14.5. The Kier molecular flexibility index (Phi) is 3.24. The van der Waals surface area contributed by atoms with Crippen LogP contribution in [0.5, 0.6) is 0 Å². The van der Waals surface area contributed by atoms with Crippen molar-refractivity contribution in [3.8, 4) is 0 Å². The molecule has 0 aromatic heterocycles. The van der Waals surface area contributed by atoms with Crippen LogP contribution in [0, 0.1) is 6.92 Å². The van der Waals surface area contributed by atoms with Gasteiger partial charge in [0.15, 0.2) is 0 Å². The van der Waals surface area contributed by atoms with Crippen molar-refractivity contribution in [1.29, 1.82) is 0 Å². The summed E-state index contributed by atoms with van der Waals surface area (Å²) >= 11 is 0. The minimum Gasteiger partial charge on any atom is -0.468 e. The van der Waals surface area contributed by atoms with E-state index in [2.05, 4.69) is 22.7 Å². The second-order valence-electron chi connectivity index (χ2n) is 4.28. The van der Waals surface area contributed by atoms with Gasteiger partial charge >= 0.3 is 5.97 Å². The van der Waals surface area contributed by atoms with Crippen molar-refractivity contribution in [3.63, 3.8) is 0 Å². The molecule has 1 aromatic carbocycles. The van der Waals surface area contributed by atoms with Crippen molar-refractivity contribution in [3.05, 3.63) is 34.4 Å². The van der Waals surface area contributed by atoms with Gasteiger partial charge in [0.2, 0.25) is 0 Å². The summed E-state index contributed by atoms with van der Waals surface area (Å²) in [5.41, 5.74) is 10.4. The zero-order valence-electron chi connectivity index (χ0n) is 10.1. The standard InChI is InChI=1S/C13H16N2O2/c1-8-3-9(5-12(14)13(16)17-2)4-10-6-15-7-11(8)10/h3-4,6,12H,5,7,14H2,1-2H3/t12-/m0/s1. The third-order valence-electron chi connectivity index (χ3n) is 3.01. The van der Waals surface area contributed by atoms with Crippen LogP contribution in [0.4, 0.5) is 0 Å². The molecule has 0 saturated heterocycles. The molecule has 17 heavy (non-hydrogen) atoms. The first-order valence-corrected chi connectivity index (χ1v) is 5.57. The molecule has 4 nitrogen and oxygen atoms in total. The molecule has 0 bridgehead atoms. The Morgan fingerprint density at radius 2 is 2.35 bits per heavy atom. The van der Waals surface area contributed by atoms with E-state index in [0.29, 0.717) is 6.42 Å². The summed E-state index contributed by atoms with van der Waals surface area (Å²) in [6, 6.07) is 3.51. The summed E-state index contributed by atoms with van der Waals surface area (Å²) in [4.78, 5) is 15.5. The quantitative estimate of drug-likeness (QED) is 0.790. The van der Waals surface area contributed by atoms with E-state index in [-0.39, 0.29) is 5.97 Å². The maximum Gasteiger partial charge on any atom is 0.322 e. The first-order valence-electron chi connectivity index (χ1n) is 5.57. The lowest BCUT2D eigenvalue weighted by molar-refractivity contribution is -0.142. The molecule has 1 aliphatic rings. The van der Waals surface area contributed by atoms with E-state index in [9.17, 15) is 4.79 Å². The molecule has 0 radical (unpaired) electrons. The van der Waals surface area contributed by atoms with E-state index in [1.54, 1.807) is 0 Å². The van der Waals surface area contributed by atoms with Gasteiger partial charge in [-0.15, -0.1) is 0 Å². The molecule has 0 spiro atoms. The number of hydrogen-bond acceptors (Lipinski definition) is 4. The molecule has 0 saturated carbocycles. The highest BCUT2D eigenvalue weighted by Gasteiger charge is 2.16. The number of carbonyl (C=O) groups excluding carboxylic acids is 1. The molecule has 4 heteroatoms. The SMILES string of the molecule is COC(=O)[C@@H](N)Cc1cc(C)c2c(c1)C=NC2. The fourth-order valence-corrected chi connectivity index (χ4v) is 2.09. The van der Waals surface area contributed by atoms with Crippen molar-refractivity contribution < 1.29 is 9.53 Å².